The number of nitrogens with zero attached hydrogens (tertiary/aromatic N) is 2. The number of methoxy groups -OCH3 is 1. The van der Waals surface area contributed by atoms with E-state index in [4.69, 9.17) is 21.3 Å². The van der Waals surface area contributed by atoms with E-state index in [9.17, 15) is 0 Å². The third-order valence-corrected chi connectivity index (χ3v) is 3.76. The average Bonchev–Trinajstić information content (AvgIpc) is 2.47. The van der Waals surface area contributed by atoms with Gasteiger partial charge in [0.15, 0.2) is 0 Å². The lowest BCUT2D eigenvalue weighted by atomic mass is 10.1. The Morgan fingerprint density at radius 3 is 2.75 bits per heavy atom. The van der Waals surface area contributed by atoms with Gasteiger partial charge in [-0.1, -0.05) is 18.2 Å². The van der Waals surface area contributed by atoms with Crippen LogP contribution in [-0.2, 0) is 10.6 Å². The van der Waals surface area contributed by atoms with Gasteiger partial charge in [-0.3, -0.25) is 0 Å². The van der Waals surface area contributed by atoms with E-state index in [2.05, 4.69) is 30.9 Å². The van der Waals surface area contributed by atoms with E-state index >= 15 is 0 Å². The molecule has 3 nitrogen and oxygen atoms in total. The zero-order valence-corrected chi connectivity index (χ0v) is 13.0. The van der Waals surface area contributed by atoms with Gasteiger partial charge in [0, 0.05) is 24.6 Å². The van der Waals surface area contributed by atoms with E-state index < -0.39 is 0 Å². The lowest BCUT2D eigenvalue weighted by Crippen LogP contribution is -2.37. The number of alkyl halides is 1. The van der Waals surface area contributed by atoms with Crippen LogP contribution in [0.3, 0.4) is 0 Å². The van der Waals surface area contributed by atoms with Gasteiger partial charge < -0.3 is 9.64 Å². The maximum Gasteiger partial charge on any atom is 0.134 e. The van der Waals surface area contributed by atoms with Gasteiger partial charge in [0.05, 0.1) is 24.0 Å². The molecule has 0 saturated heterocycles. The van der Waals surface area contributed by atoms with Crippen molar-refractivity contribution in [2.24, 2.45) is 0 Å². The fraction of sp³-hybridized carbons (Fsp3) is 0.438. The molecule has 0 saturated carbocycles. The van der Waals surface area contributed by atoms with Crippen molar-refractivity contribution in [1.29, 1.82) is 0 Å². The number of pyridine rings is 1. The number of ether oxygens (including phenoxy) is 1. The molecule has 1 atom stereocenters. The van der Waals surface area contributed by atoms with Crippen molar-refractivity contribution in [1.82, 2.24) is 4.98 Å². The van der Waals surface area contributed by atoms with Crippen LogP contribution in [0, 0.1) is 0 Å². The Kier molecular flexibility index (Phi) is 5.21. The predicted octanol–water partition coefficient (Wildman–Crippen LogP) is 3.83. The molecule has 1 unspecified atom stereocenters. The smallest absolute Gasteiger partial charge is 0.134 e. The first kappa shape index (κ1) is 15.1. The molecule has 0 fully saturated rings. The number of para-hydroxylation sites is 1. The van der Waals surface area contributed by atoms with Crippen LogP contribution in [0.25, 0.3) is 10.9 Å². The van der Waals surface area contributed by atoms with Crippen LogP contribution in [-0.4, -0.2) is 31.3 Å². The van der Waals surface area contributed by atoms with Crippen molar-refractivity contribution in [2.75, 3.05) is 25.2 Å². The molecule has 0 aliphatic heterocycles. The summed E-state index contributed by atoms with van der Waals surface area (Å²) in [5.41, 5.74) is 2.06. The first-order chi connectivity index (χ1) is 9.71. The number of anilines is 1. The minimum atomic E-state index is 0.264. The monoisotopic (exact) mass is 292 g/mol. The van der Waals surface area contributed by atoms with Gasteiger partial charge in [-0.25, -0.2) is 4.98 Å². The number of hydrogen-bond donors (Lipinski definition) is 0. The highest BCUT2D eigenvalue weighted by molar-refractivity contribution is 6.17. The molecule has 1 heterocycles. The van der Waals surface area contributed by atoms with E-state index in [0.717, 1.165) is 28.8 Å². The highest BCUT2D eigenvalue weighted by atomic mass is 35.5. The first-order valence-corrected chi connectivity index (χ1v) is 7.44. The van der Waals surface area contributed by atoms with E-state index in [0.29, 0.717) is 12.5 Å². The van der Waals surface area contributed by atoms with Crippen LogP contribution >= 0.6 is 11.6 Å². The summed E-state index contributed by atoms with van der Waals surface area (Å²) in [6, 6.07) is 10.5. The lowest BCUT2D eigenvalue weighted by Gasteiger charge is -2.30. The standard InChI is InChI=1S/C16H21ClN2O/c1-4-19(12(2)11-20-3)16-14(10-17)9-13-7-5-6-8-15(13)18-16/h5-9,12H,4,10-11H2,1-3H3. The van der Waals surface area contributed by atoms with Crippen molar-refractivity contribution in [2.45, 2.75) is 25.8 Å². The molecule has 0 bridgehead atoms. The minimum Gasteiger partial charge on any atom is -0.383 e. The van der Waals surface area contributed by atoms with E-state index in [1.807, 2.05) is 18.2 Å². The third-order valence-electron chi connectivity index (χ3n) is 3.48. The van der Waals surface area contributed by atoms with Crippen LogP contribution in [0.2, 0.25) is 0 Å². The van der Waals surface area contributed by atoms with E-state index in [1.54, 1.807) is 7.11 Å². The van der Waals surface area contributed by atoms with Crippen LogP contribution in [0.5, 0.6) is 0 Å². The lowest BCUT2D eigenvalue weighted by molar-refractivity contribution is 0.181. The van der Waals surface area contributed by atoms with Gasteiger partial charge in [0.25, 0.3) is 0 Å². The topological polar surface area (TPSA) is 25.4 Å². The Bertz CT molecular complexity index is 573. The third kappa shape index (κ3) is 3.05. The molecule has 20 heavy (non-hydrogen) atoms. The highest BCUT2D eigenvalue weighted by Crippen LogP contribution is 2.26. The fourth-order valence-corrected chi connectivity index (χ4v) is 2.69. The maximum atomic E-state index is 6.12. The first-order valence-electron chi connectivity index (χ1n) is 6.91. The van der Waals surface area contributed by atoms with Crippen molar-refractivity contribution in [3.8, 4) is 0 Å². The van der Waals surface area contributed by atoms with E-state index in [1.165, 1.54) is 0 Å². The number of hydrogen-bond acceptors (Lipinski definition) is 3. The summed E-state index contributed by atoms with van der Waals surface area (Å²) in [4.78, 5) is 7.05. The van der Waals surface area contributed by atoms with Gasteiger partial charge >= 0.3 is 0 Å². The molecular weight excluding hydrogens is 272 g/mol. The number of aromatic nitrogens is 1. The number of benzene rings is 1. The largest absolute Gasteiger partial charge is 0.383 e. The molecule has 1 aromatic heterocycles. The van der Waals surface area contributed by atoms with Crippen molar-refractivity contribution < 1.29 is 4.74 Å². The van der Waals surface area contributed by atoms with Crippen molar-refractivity contribution in [3.63, 3.8) is 0 Å². The summed E-state index contributed by atoms with van der Waals surface area (Å²) in [5.74, 6) is 1.43. The van der Waals surface area contributed by atoms with Crippen LogP contribution in [0.15, 0.2) is 30.3 Å². The molecule has 0 N–H and O–H groups in total. The van der Waals surface area contributed by atoms with Crippen LogP contribution < -0.4 is 4.90 Å². The summed E-state index contributed by atoms with van der Waals surface area (Å²) in [6.07, 6.45) is 0. The molecule has 0 amide bonds. The summed E-state index contributed by atoms with van der Waals surface area (Å²) < 4.78 is 5.27. The second-order valence-corrected chi connectivity index (χ2v) is 5.16. The average molecular weight is 293 g/mol. The zero-order chi connectivity index (χ0) is 14.5. The molecule has 0 aliphatic carbocycles. The molecule has 2 rings (SSSR count). The summed E-state index contributed by atoms with van der Waals surface area (Å²) in [7, 11) is 1.72. The van der Waals surface area contributed by atoms with Gasteiger partial charge in [0.1, 0.15) is 5.82 Å². The Balaban J connectivity index is 2.49. The van der Waals surface area contributed by atoms with Gasteiger partial charge in [-0.05, 0) is 26.0 Å². The predicted molar refractivity (Wildman–Crippen MR) is 85.7 cm³/mol. The van der Waals surface area contributed by atoms with Gasteiger partial charge in [0.2, 0.25) is 0 Å². The SMILES string of the molecule is CCN(c1nc2ccccc2cc1CCl)C(C)COC. The number of likely N-dealkylation sites (N-methyl/N-ethyl adjacent to an activating group) is 1. The maximum absolute atomic E-state index is 6.12. The van der Waals surface area contributed by atoms with Crippen molar-refractivity contribution >= 4 is 28.3 Å². The molecule has 1 aromatic carbocycles. The molecular formula is C16H21ClN2O. The fourth-order valence-electron chi connectivity index (χ4n) is 2.50. The molecule has 0 spiro atoms. The summed E-state index contributed by atoms with van der Waals surface area (Å²) >= 11 is 6.12. The molecule has 108 valence electrons. The Morgan fingerprint density at radius 2 is 2.10 bits per heavy atom. The second kappa shape index (κ2) is 6.91. The summed E-state index contributed by atoms with van der Waals surface area (Å²) in [6.45, 7) is 5.81. The van der Waals surface area contributed by atoms with Crippen LogP contribution in [0.4, 0.5) is 5.82 Å². The van der Waals surface area contributed by atoms with Gasteiger partial charge in [-0.15, -0.1) is 11.6 Å². The Labute approximate surface area is 125 Å². The van der Waals surface area contributed by atoms with Crippen LogP contribution in [0.1, 0.15) is 19.4 Å². The molecule has 0 radical (unpaired) electrons. The quantitative estimate of drug-likeness (QED) is 0.757. The van der Waals surface area contributed by atoms with E-state index in [-0.39, 0.29) is 6.04 Å². The number of halogens is 1. The molecule has 4 heteroatoms. The highest BCUT2D eigenvalue weighted by Gasteiger charge is 2.18. The normalized spacial score (nSPS) is 12.6. The Morgan fingerprint density at radius 1 is 1.35 bits per heavy atom. The minimum absolute atomic E-state index is 0.264. The zero-order valence-electron chi connectivity index (χ0n) is 12.3. The van der Waals surface area contributed by atoms with Gasteiger partial charge in [-0.2, -0.15) is 0 Å². The summed E-state index contributed by atoms with van der Waals surface area (Å²) in [5, 5.41) is 1.13. The number of rotatable bonds is 6. The Hall–Kier alpha value is -1.32. The molecule has 0 aliphatic rings. The molecule has 2 aromatic rings. The van der Waals surface area contributed by atoms with Crippen molar-refractivity contribution in [3.05, 3.63) is 35.9 Å². The second-order valence-electron chi connectivity index (χ2n) is 4.89. The number of fused-ring (bicyclic) bond motifs is 1.